The number of fused-ring (bicyclic) bond motifs is 2. The summed E-state index contributed by atoms with van der Waals surface area (Å²) in [4.78, 5) is 39.4. The second-order valence-electron chi connectivity index (χ2n) is 12.8. The number of nitrogens with zero attached hydrogens (tertiary/aromatic N) is 3. The van der Waals surface area contributed by atoms with E-state index in [2.05, 4.69) is 52.4 Å². The minimum atomic E-state index is -0.511. The quantitative estimate of drug-likeness (QED) is 0.522. The number of nitrogens with one attached hydrogen (secondary N) is 2. The summed E-state index contributed by atoms with van der Waals surface area (Å²) < 4.78 is 7.05. The number of ether oxygens (including phenoxy) is 1. The lowest BCUT2D eigenvalue weighted by Crippen LogP contribution is -2.58. The van der Waals surface area contributed by atoms with Crippen molar-refractivity contribution in [3.8, 4) is 0 Å². The van der Waals surface area contributed by atoms with Crippen LogP contribution in [-0.2, 0) is 16.1 Å². The monoisotopic (exact) mass is 579 g/mol. The molecule has 3 saturated carbocycles. The molecule has 5 rings (SSSR count). The highest BCUT2D eigenvalue weighted by atomic mass is 79.9. The second kappa shape index (κ2) is 10.6. The van der Waals surface area contributed by atoms with E-state index in [0.717, 1.165) is 19.3 Å². The Balaban J connectivity index is 1.25. The molecule has 0 unspecified atom stereocenters. The van der Waals surface area contributed by atoms with E-state index in [1.165, 1.54) is 11.1 Å². The molecule has 3 aliphatic carbocycles. The van der Waals surface area contributed by atoms with Gasteiger partial charge < -0.3 is 20.3 Å². The molecule has 1 saturated heterocycles. The number of anilines is 1. The number of rotatable bonds is 6. The van der Waals surface area contributed by atoms with Crippen molar-refractivity contribution < 1.29 is 14.3 Å². The maximum Gasteiger partial charge on any atom is 0.410 e. The molecule has 206 valence electrons. The number of carbonyl (C=O) groups is 2. The Labute approximate surface area is 228 Å². The molecule has 2 heterocycles. The van der Waals surface area contributed by atoms with Gasteiger partial charge in [-0.1, -0.05) is 20.8 Å². The average molecular weight is 581 g/mol. The molecule has 2 bridgehead atoms. The predicted molar refractivity (Wildman–Crippen MR) is 146 cm³/mol. The van der Waals surface area contributed by atoms with Gasteiger partial charge in [-0.3, -0.25) is 9.59 Å². The predicted octanol–water partition coefficient (Wildman–Crippen LogP) is 4.25. The molecule has 2 amide bonds. The van der Waals surface area contributed by atoms with Gasteiger partial charge in [0.2, 0.25) is 5.91 Å². The molecule has 2 N–H and O–H groups in total. The molecule has 4 fully saturated rings. The number of hydrogen-bond donors (Lipinski definition) is 2. The first-order valence-corrected chi connectivity index (χ1v) is 14.3. The number of piperidine rings is 1. The van der Waals surface area contributed by atoms with Crippen molar-refractivity contribution >= 4 is 33.6 Å². The Kier molecular flexibility index (Phi) is 7.98. The number of likely N-dealkylation sites (tertiary alicyclic amines) is 1. The van der Waals surface area contributed by atoms with Crippen molar-refractivity contribution in [2.24, 2.45) is 29.1 Å². The number of carbonyl (C=O) groups excluding carboxylic acids is 2. The molecule has 37 heavy (non-hydrogen) atoms. The van der Waals surface area contributed by atoms with Gasteiger partial charge in [-0.15, -0.1) is 0 Å². The normalized spacial score (nSPS) is 27.3. The van der Waals surface area contributed by atoms with Gasteiger partial charge >= 0.3 is 6.09 Å². The van der Waals surface area contributed by atoms with Gasteiger partial charge in [0.1, 0.15) is 16.6 Å². The molecule has 1 aromatic heterocycles. The van der Waals surface area contributed by atoms with E-state index in [9.17, 15) is 14.4 Å². The summed E-state index contributed by atoms with van der Waals surface area (Å²) in [5.41, 5.74) is 0.260. The third-order valence-electron chi connectivity index (χ3n) is 8.83. The Morgan fingerprint density at radius 3 is 2.49 bits per heavy atom. The Morgan fingerprint density at radius 2 is 1.89 bits per heavy atom. The molecule has 10 heteroatoms. The van der Waals surface area contributed by atoms with Gasteiger partial charge in [0.15, 0.2) is 0 Å². The first-order chi connectivity index (χ1) is 17.3. The van der Waals surface area contributed by atoms with Crippen molar-refractivity contribution in [1.82, 2.24) is 20.0 Å². The molecule has 1 aliphatic heterocycles. The van der Waals surface area contributed by atoms with Crippen LogP contribution in [0.2, 0.25) is 0 Å². The lowest BCUT2D eigenvalue weighted by atomic mass is 9.45. The van der Waals surface area contributed by atoms with Gasteiger partial charge in [0.05, 0.1) is 11.9 Å². The van der Waals surface area contributed by atoms with Crippen molar-refractivity contribution in [2.75, 3.05) is 25.0 Å². The molecule has 0 aromatic carbocycles. The van der Waals surface area contributed by atoms with Gasteiger partial charge in [-0.05, 0) is 91.5 Å². The summed E-state index contributed by atoms with van der Waals surface area (Å²) in [6.45, 7) is 14.2. The molecule has 9 nitrogen and oxygen atoms in total. The Morgan fingerprint density at radius 1 is 1.22 bits per heavy atom. The van der Waals surface area contributed by atoms with Crippen molar-refractivity contribution in [1.29, 1.82) is 0 Å². The fraction of sp³-hybridized carbons (Fsp3) is 0.778. The number of hydrogen-bond acceptors (Lipinski definition) is 6. The van der Waals surface area contributed by atoms with Crippen molar-refractivity contribution in [2.45, 2.75) is 85.4 Å². The molecule has 0 spiro atoms. The van der Waals surface area contributed by atoms with Crippen LogP contribution in [0, 0.1) is 29.1 Å². The molecule has 4 aliphatic rings. The third-order valence-corrected chi connectivity index (χ3v) is 9.59. The topological polar surface area (TPSA) is 106 Å². The summed E-state index contributed by atoms with van der Waals surface area (Å²) in [5.74, 6) is 1.96. The van der Waals surface area contributed by atoms with Crippen LogP contribution in [0.1, 0.15) is 67.2 Å². The minimum absolute atomic E-state index is 0.132. The molecule has 4 atom stereocenters. The Hall–Kier alpha value is -2.10. The van der Waals surface area contributed by atoms with E-state index in [1.54, 1.807) is 11.1 Å². The standard InChI is InChI=1S/C27H42BrN5O4/c1-16-19-11-18(27(19,5)6)12-20(16)31-21-14-30-33(24(35)23(21)28)15-22(34)29-13-17-7-9-32(10-8-17)25(36)37-26(2,3)4/h14,16-20,31H,7-13,15H2,1-6H3,(H,29,34)/t16-,18+,19-,20-/m1/s1. The van der Waals surface area contributed by atoms with Crippen LogP contribution in [0.5, 0.6) is 0 Å². The van der Waals surface area contributed by atoms with Crippen molar-refractivity contribution in [3.05, 3.63) is 21.0 Å². The van der Waals surface area contributed by atoms with Gasteiger partial charge in [0, 0.05) is 25.7 Å². The maximum atomic E-state index is 12.9. The maximum absolute atomic E-state index is 12.9. The number of aromatic nitrogens is 2. The van der Waals surface area contributed by atoms with Crippen LogP contribution in [0.25, 0.3) is 0 Å². The van der Waals surface area contributed by atoms with Crippen LogP contribution in [0.15, 0.2) is 15.5 Å². The van der Waals surface area contributed by atoms with E-state index < -0.39 is 5.60 Å². The first-order valence-electron chi connectivity index (χ1n) is 13.5. The van der Waals surface area contributed by atoms with Crippen LogP contribution < -0.4 is 16.2 Å². The van der Waals surface area contributed by atoms with Crippen LogP contribution in [-0.4, -0.2) is 58.0 Å². The molecule has 1 aromatic rings. The largest absolute Gasteiger partial charge is 0.444 e. The summed E-state index contributed by atoms with van der Waals surface area (Å²) in [6, 6.07) is 0.315. The summed E-state index contributed by atoms with van der Waals surface area (Å²) >= 11 is 3.44. The van der Waals surface area contributed by atoms with Crippen molar-refractivity contribution in [3.63, 3.8) is 0 Å². The van der Waals surface area contributed by atoms with Gasteiger partial charge in [-0.25, -0.2) is 9.48 Å². The van der Waals surface area contributed by atoms with E-state index in [1.807, 2.05) is 20.8 Å². The highest BCUT2D eigenvalue weighted by molar-refractivity contribution is 9.10. The van der Waals surface area contributed by atoms with Gasteiger partial charge in [-0.2, -0.15) is 5.10 Å². The summed E-state index contributed by atoms with van der Waals surface area (Å²) in [7, 11) is 0. The smallest absolute Gasteiger partial charge is 0.410 e. The second-order valence-corrected chi connectivity index (χ2v) is 13.5. The minimum Gasteiger partial charge on any atom is -0.444 e. The number of amides is 2. The highest BCUT2D eigenvalue weighted by Crippen LogP contribution is 2.61. The zero-order valence-electron chi connectivity index (χ0n) is 23.0. The van der Waals surface area contributed by atoms with Crippen LogP contribution in [0.4, 0.5) is 10.5 Å². The van der Waals surface area contributed by atoms with E-state index >= 15 is 0 Å². The lowest BCUT2D eigenvalue weighted by Gasteiger charge is -2.62. The molecular formula is C27H42BrN5O4. The van der Waals surface area contributed by atoms with Gasteiger partial charge in [0.25, 0.3) is 5.56 Å². The lowest BCUT2D eigenvalue weighted by molar-refractivity contribution is -0.122. The van der Waals surface area contributed by atoms with Crippen LogP contribution >= 0.6 is 15.9 Å². The zero-order chi connectivity index (χ0) is 27.1. The fourth-order valence-corrected chi connectivity index (χ4v) is 6.74. The average Bonchev–Trinajstić information content (AvgIpc) is 2.82. The van der Waals surface area contributed by atoms with E-state index in [4.69, 9.17) is 4.74 Å². The van der Waals surface area contributed by atoms with E-state index in [-0.39, 0.29) is 30.0 Å². The zero-order valence-corrected chi connectivity index (χ0v) is 24.6. The summed E-state index contributed by atoms with van der Waals surface area (Å²) in [6.07, 6.45) is 5.33. The summed E-state index contributed by atoms with van der Waals surface area (Å²) in [5, 5.41) is 10.8. The first kappa shape index (κ1) is 27.9. The van der Waals surface area contributed by atoms with Crippen LogP contribution in [0.3, 0.4) is 0 Å². The fourth-order valence-electron chi connectivity index (χ4n) is 6.31. The number of halogens is 1. The molecule has 0 radical (unpaired) electrons. The highest BCUT2D eigenvalue weighted by Gasteiger charge is 2.56. The Bertz CT molecular complexity index is 1070. The third kappa shape index (κ3) is 6.15. The SMILES string of the molecule is C[C@@H]1[C@H]2C[C@@H](C[C@H]1Nc1cnn(CC(=O)NCC3CCN(C(=O)OC(C)(C)C)CC3)c(=O)c1Br)C2(C)C. The molecular weight excluding hydrogens is 538 g/mol. The van der Waals surface area contributed by atoms with E-state index in [0.29, 0.717) is 59.0 Å².